The molecule has 4 rings (SSSR count). The number of carbonyl (C=O) groups is 1. The lowest BCUT2D eigenvalue weighted by Crippen LogP contribution is -2.31. The summed E-state index contributed by atoms with van der Waals surface area (Å²) in [4.78, 5) is 33.0. The van der Waals surface area contributed by atoms with Crippen molar-refractivity contribution in [2.45, 2.75) is 13.3 Å². The van der Waals surface area contributed by atoms with Crippen LogP contribution in [0.5, 0.6) is 0 Å². The number of carbonyl (C=O) groups excluding carboxylic acids is 1. The molecule has 0 saturated carbocycles. The maximum absolute atomic E-state index is 13.4. The van der Waals surface area contributed by atoms with E-state index in [-0.39, 0.29) is 11.5 Å². The highest BCUT2D eigenvalue weighted by atomic mass is 32.2. The summed E-state index contributed by atoms with van der Waals surface area (Å²) in [5.41, 5.74) is 2.73. The number of anilines is 1. The molecule has 1 saturated heterocycles. The first-order valence-electron chi connectivity index (χ1n) is 10.5. The van der Waals surface area contributed by atoms with Crippen LogP contribution < -0.4 is 10.9 Å². The van der Waals surface area contributed by atoms with E-state index in [1.807, 2.05) is 37.3 Å². The van der Waals surface area contributed by atoms with E-state index < -0.39 is 0 Å². The fourth-order valence-electron chi connectivity index (χ4n) is 3.55. The lowest BCUT2D eigenvalue weighted by Gasteiger charge is -2.13. The van der Waals surface area contributed by atoms with E-state index in [2.05, 4.69) is 17.4 Å². The standard InChI is InChI=1S/C24H24N4O3S2/c1-16-7-6-12-27-21(16)26-20(25-11-10-17-8-4-3-5-9-17)18(22(27)29)15-19-23(30)28(13-14-31-2)24(32)33-19/h3-9,12,15,25H,10-11,13-14H2,1-2H3. The summed E-state index contributed by atoms with van der Waals surface area (Å²) >= 11 is 6.55. The Morgan fingerprint density at radius 3 is 2.73 bits per heavy atom. The Bertz CT molecular complexity index is 1290. The normalized spacial score (nSPS) is 15.1. The largest absolute Gasteiger partial charge is 0.383 e. The number of aromatic nitrogens is 2. The number of methoxy groups -OCH3 is 1. The number of thiocarbonyl (C=S) groups is 1. The van der Waals surface area contributed by atoms with E-state index in [1.165, 1.54) is 26.6 Å². The van der Waals surface area contributed by atoms with Crippen molar-refractivity contribution < 1.29 is 9.53 Å². The zero-order valence-electron chi connectivity index (χ0n) is 18.4. The van der Waals surface area contributed by atoms with Gasteiger partial charge in [0.25, 0.3) is 11.5 Å². The van der Waals surface area contributed by atoms with Gasteiger partial charge in [-0.25, -0.2) is 4.98 Å². The monoisotopic (exact) mass is 480 g/mol. The molecule has 0 spiro atoms. The average molecular weight is 481 g/mol. The third kappa shape index (κ3) is 5.00. The molecular formula is C24H24N4O3S2. The summed E-state index contributed by atoms with van der Waals surface area (Å²) in [7, 11) is 1.57. The van der Waals surface area contributed by atoms with Gasteiger partial charge in [0.2, 0.25) is 0 Å². The van der Waals surface area contributed by atoms with Crippen molar-refractivity contribution in [2.24, 2.45) is 0 Å². The highest BCUT2D eigenvalue weighted by Crippen LogP contribution is 2.32. The van der Waals surface area contributed by atoms with Gasteiger partial charge in [-0.2, -0.15) is 0 Å². The fourth-order valence-corrected chi connectivity index (χ4v) is 4.84. The molecule has 1 aliphatic rings. The van der Waals surface area contributed by atoms with Crippen LogP contribution in [-0.2, 0) is 16.0 Å². The number of amides is 1. The lowest BCUT2D eigenvalue weighted by atomic mass is 10.1. The molecular weight excluding hydrogens is 456 g/mol. The minimum absolute atomic E-state index is 0.231. The highest BCUT2D eigenvalue weighted by molar-refractivity contribution is 8.26. The molecule has 1 amide bonds. The van der Waals surface area contributed by atoms with E-state index in [0.29, 0.717) is 46.0 Å². The van der Waals surface area contributed by atoms with Crippen LogP contribution in [0, 0.1) is 6.92 Å². The van der Waals surface area contributed by atoms with Crippen molar-refractivity contribution in [1.29, 1.82) is 0 Å². The van der Waals surface area contributed by atoms with Crippen molar-refractivity contribution >= 4 is 51.7 Å². The first-order chi connectivity index (χ1) is 16.0. The molecule has 3 heterocycles. The van der Waals surface area contributed by atoms with Crippen molar-refractivity contribution in [3.8, 4) is 0 Å². The van der Waals surface area contributed by atoms with Gasteiger partial charge in [0.05, 0.1) is 23.6 Å². The van der Waals surface area contributed by atoms with Gasteiger partial charge in [-0.1, -0.05) is 60.4 Å². The van der Waals surface area contributed by atoms with Gasteiger partial charge in [-0.15, -0.1) is 0 Å². The van der Waals surface area contributed by atoms with Gasteiger partial charge in [-0.3, -0.25) is 18.9 Å². The second-order valence-electron chi connectivity index (χ2n) is 7.55. The van der Waals surface area contributed by atoms with Crippen LogP contribution in [0.15, 0.2) is 58.4 Å². The molecule has 0 aliphatic carbocycles. The van der Waals surface area contributed by atoms with E-state index in [1.54, 1.807) is 19.4 Å². The molecule has 9 heteroatoms. The van der Waals surface area contributed by atoms with Crippen LogP contribution in [0.3, 0.4) is 0 Å². The number of nitrogens with zero attached hydrogens (tertiary/aromatic N) is 3. The molecule has 1 N–H and O–H groups in total. The van der Waals surface area contributed by atoms with Crippen LogP contribution in [0.1, 0.15) is 16.7 Å². The maximum Gasteiger partial charge on any atom is 0.267 e. The Balaban J connectivity index is 1.71. The number of rotatable bonds is 8. The van der Waals surface area contributed by atoms with E-state index >= 15 is 0 Å². The molecule has 0 atom stereocenters. The first-order valence-corrected chi connectivity index (χ1v) is 11.8. The van der Waals surface area contributed by atoms with Crippen molar-refractivity contribution in [3.05, 3.63) is 80.6 Å². The van der Waals surface area contributed by atoms with Gasteiger partial charge < -0.3 is 10.1 Å². The van der Waals surface area contributed by atoms with Crippen LogP contribution in [0.25, 0.3) is 11.7 Å². The Labute approximate surface area is 201 Å². The van der Waals surface area contributed by atoms with Gasteiger partial charge in [0.15, 0.2) is 0 Å². The third-order valence-electron chi connectivity index (χ3n) is 5.30. The summed E-state index contributed by atoms with van der Waals surface area (Å²) < 4.78 is 7.04. The number of hydrogen-bond acceptors (Lipinski definition) is 7. The molecule has 2 aromatic heterocycles. The molecule has 1 aliphatic heterocycles. The van der Waals surface area contributed by atoms with Gasteiger partial charge in [0.1, 0.15) is 15.8 Å². The zero-order valence-corrected chi connectivity index (χ0v) is 20.0. The number of nitrogens with one attached hydrogen (secondary N) is 1. The van der Waals surface area contributed by atoms with Gasteiger partial charge in [-0.05, 0) is 36.6 Å². The Kier molecular flexibility index (Phi) is 7.22. The minimum atomic E-state index is -0.243. The number of pyridine rings is 1. The van der Waals surface area contributed by atoms with Crippen LogP contribution in [-0.4, -0.2) is 51.3 Å². The van der Waals surface area contributed by atoms with E-state index in [0.717, 1.165) is 12.0 Å². The summed E-state index contributed by atoms with van der Waals surface area (Å²) in [5.74, 6) is 0.221. The minimum Gasteiger partial charge on any atom is -0.383 e. The lowest BCUT2D eigenvalue weighted by molar-refractivity contribution is -0.122. The van der Waals surface area contributed by atoms with Crippen LogP contribution >= 0.6 is 24.0 Å². The second kappa shape index (κ2) is 10.3. The fraction of sp³-hybridized carbons (Fsp3) is 0.250. The molecule has 0 radical (unpaired) electrons. The van der Waals surface area contributed by atoms with Gasteiger partial charge >= 0.3 is 0 Å². The molecule has 1 aromatic carbocycles. The third-order valence-corrected chi connectivity index (χ3v) is 6.68. The SMILES string of the molecule is COCCN1C(=O)C(=Cc2c(NCCc3ccccc3)nc3c(C)cccn3c2=O)SC1=S. The van der Waals surface area contributed by atoms with Gasteiger partial charge in [0, 0.05) is 19.9 Å². The van der Waals surface area contributed by atoms with Crippen LogP contribution in [0.4, 0.5) is 5.82 Å². The average Bonchev–Trinajstić information content (AvgIpc) is 3.08. The highest BCUT2D eigenvalue weighted by Gasteiger charge is 2.32. The number of fused-ring (bicyclic) bond motifs is 1. The number of ether oxygens (including phenoxy) is 1. The topological polar surface area (TPSA) is 75.9 Å². The number of benzene rings is 1. The summed E-state index contributed by atoms with van der Waals surface area (Å²) in [6.07, 6.45) is 4.06. The van der Waals surface area contributed by atoms with Crippen molar-refractivity contribution in [3.63, 3.8) is 0 Å². The van der Waals surface area contributed by atoms with E-state index in [9.17, 15) is 9.59 Å². The zero-order chi connectivity index (χ0) is 23.4. The second-order valence-corrected chi connectivity index (χ2v) is 9.23. The predicted octanol–water partition coefficient (Wildman–Crippen LogP) is 3.51. The number of aryl methyl sites for hydroxylation is 1. The predicted molar refractivity (Wildman–Crippen MR) is 137 cm³/mol. The maximum atomic E-state index is 13.4. The number of hydrogen-bond donors (Lipinski definition) is 1. The van der Waals surface area contributed by atoms with Crippen molar-refractivity contribution in [2.75, 3.05) is 32.1 Å². The smallest absolute Gasteiger partial charge is 0.267 e. The van der Waals surface area contributed by atoms with E-state index in [4.69, 9.17) is 21.9 Å². The molecule has 3 aromatic rings. The molecule has 33 heavy (non-hydrogen) atoms. The van der Waals surface area contributed by atoms with Crippen LogP contribution in [0.2, 0.25) is 0 Å². The Morgan fingerprint density at radius 2 is 1.97 bits per heavy atom. The summed E-state index contributed by atoms with van der Waals surface area (Å²) in [6.45, 7) is 3.25. The molecule has 0 unspecified atom stereocenters. The quantitative estimate of drug-likeness (QED) is 0.391. The summed E-state index contributed by atoms with van der Waals surface area (Å²) in [5, 5.41) is 3.31. The number of thioether (sulfide) groups is 1. The Hall–Kier alpha value is -3.01. The first kappa shape index (κ1) is 23.2. The molecule has 7 nitrogen and oxygen atoms in total. The molecule has 0 bridgehead atoms. The van der Waals surface area contributed by atoms with Crippen molar-refractivity contribution in [1.82, 2.24) is 14.3 Å². The summed E-state index contributed by atoms with van der Waals surface area (Å²) in [6, 6.07) is 13.8. The molecule has 170 valence electrons. The molecule has 1 fully saturated rings. The Morgan fingerprint density at radius 1 is 1.18 bits per heavy atom.